The Bertz CT molecular complexity index is 279. The fourth-order valence-electron chi connectivity index (χ4n) is 1.41. The maximum absolute atomic E-state index is 9.64. The van der Waals surface area contributed by atoms with Crippen LogP contribution in [0, 0.1) is 6.92 Å². The summed E-state index contributed by atoms with van der Waals surface area (Å²) in [6.07, 6.45) is 0.688. The Balaban J connectivity index is 2.90. The van der Waals surface area contributed by atoms with Gasteiger partial charge in [0.1, 0.15) is 0 Å². The van der Waals surface area contributed by atoms with Crippen molar-refractivity contribution in [2.45, 2.75) is 32.8 Å². The van der Waals surface area contributed by atoms with E-state index in [0.717, 1.165) is 4.47 Å². The molecule has 0 aliphatic rings. The molecular weight excluding hydrogens is 228 g/mol. The van der Waals surface area contributed by atoms with Gasteiger partial charge in [-0.15, -0.1) is 0 Å². The largest absolute Gasteiger partial charge is 0.390 e. The molecule has 0 saturated heterocycles. The predicted octanol–water partition coefficient (Wildman–Crippen LogP) is 3.07. The van der Waals surface area contributed by atoms with Gasteiger partial charge in [-0.05, 0) is 44.0 Å². The van der Waals surface area contributed by atoms with E-state index in [-0.39, 0.29) is 0 Å². The van der Waals surface area contributed by atoms with Crippen LogP contribution in [0.3, 0.4) is 0 Å². The quantitative estimate of drug-likeness (QED) is 0.846. The summed E-state index contributed by atoms with van der Waals surface area (Å²) < 4.78 is 1.08. The molecule has 1 aromatic rings. The number of aliphatic hydroxyl groups is 1. The Hall–Kier alpha value is -0.340. The van der Waals surface area contributed by atoms with Crippen LogP contribution in [0.4, 0.5) is 0 Å². The summed E-state index contributed by atoms with van der Waals surface area (Å²) in [6, 6.07) is 6.21. The van der Waals surface area contributed by atoms with Crippen molar-refractivity contribution in [3.05, 3.63) is 33.8 Å². The van der Waals surface area contributed by atoms with E-state index in [9.17, 15) is 5.11 Å². The zero-order valence-corrected chi connectivity index (χ0v) is 9.85. The van der Waals surface area contributed by atoms with Gasteiger partial charge < -0.3 is 5.11 Å². The molecule has 0 atom stereocenters. The third-order valence-electron chi connectivity index (χ3n) is 1.74. The predicted molar refractivity (Wildman–Crippen MR) is 58.9 cm³/mol. The Morgan fingerprint density at radius 2 is 1.92 bits per heavy atom. The van der Waals surface area contributed by atoms with Crippen LogP contribution in [0.15, 0.2) is 22.7 Å². The second-order valence-electron chi connectivity index (χ2n) is 4.13. The lowest BCUT2D eigenvalue weighted by Crippen LogP contribution is -2.21. The van der Waals surface area contributed by atoms with E-state index in [4.69, 9.17) is 0 Å². The van der Waals surface area contributed by atoms with E-state index in [0.29, 0.717) is 6.42 Å². The molecule has 1 nitrogen and oxygen atoms in total. The SMILES string of the molecule is Cc1cc(Br)cc(CC(C)(C)O)c1. The maximum atomic E-state index is 9.64. The van der Waals surface area contributed by atoms with Crippen LogP contribution in [-0.4, -0.2) is 10.7 Å². The molecule has 0 aromatic heterocycles. The van der Waals surface area contributed by atoms with Crippen molar-refractivity contribution in [1.29, 1.82) is 0 Å². The first-order valence-corrected chi connectivity index (χ1v) is 5.14. The average molecular weight is 243 g/mol. The van der Waals surface area contributed by atoms with Crippen molar-refractivity contribution in [3.8, 4) is 0 Å². The second kappa shape index (κ2) is 3.81. The molecule has 0 fully saturated rings. The molecule has 13 heavy (non-hydrogen) atoms. The van der Waals surface area contributed by atoms with Gasteiger partial charge in [-0.2, -0.15) is 0 Å². The van der Waals surface area contributed by atoms with Crippen LogP contribution in [0.2, 0.25) is 0 Å². The van der Waals surface area contributed by atoms with Gasteiger partial charge in [-0.1, -0.05) is 22.0 Å². The lowest BCUT2D eigenvalue weighted by atomic mass is 9.98. The zero-order valence-electron chi connectivity index (χ0n) is 8.26. The summed E-state index contributed by atoms with van der Waals surface area (Å²) in [6.45, 7) is 5.70. The van der Waals surface area contributed by atoms with Gasteiger partial charge in [0.25, 0.3) is 0 Å². The number of hydrogen-bond donors (Lipinski definition) is 1. The molecule has 1 rings (SSSR count). The molecule has 1 aromatic carbocycles. The Labute approximate surface area is 87.9 Å². The molecule has 0 unspecified atom stereocenters. The van der Waals surface area contributed by atoms with Crippen LogP contribution in [0.25, 0.3) is 0 Å². The molecule has 1 N–H and O–H groups in total. The van der Waals surface area contributed by atoms with Crippen LogP contribution >= 0.6 is 15.9 Å². The first-order chi connectivity index (χ1) is 5.87. The van der Waals surface area contributed by atoms with Crippen molar-refractivity contribution in [2.75, 3.05) is 0 Å². The van der Waals surface area contributed by atoms with Crippen LogP contribution in [0.1, 0.15) is 25.0 Å². The Morgan fingerprint density at radius 1 is 1.31 bits per heavy atom. The minimum absolute atomic E-state index is 0.632. The van der Waals surface area contributed by atoms with Crippen molar-refractivity contribution < 1.29 is 5.11 Å². The van der Waals surface area contributed by atoms with Gasteiger partial charge >= 0.3 is 0 Å². The standard InChI is InChI=1S/C11H15BrO/c1-8-4-9(6-10(12)5-8)7-11(2,3)13/h4-6,13H,7H2,1-3H3. The molecule has 2 heteroatoms. The third kappa shape index (κ3) is 3.92. The fraction of sp³-hybridized carbons (Fsp3) is 0.455. The number of hydrogen-bond acceptors (Lipinski definition) is 1. The molecule has 0 saturated carbocycles. The fourth-order valence-corrected chi connectivity index (χ4v) is 2.07. The first-order valence-electron chi connectivity index (χ1n) is 4.35. The number of benzene rings is 1. The highest BCUT2D eigenvalue weighted by atomic mass is 79.9. The van der Waals surface area contributed by atoms with E-state index in [1.165, 1.54) is 11.1 Å². The van der Waals surface area contributed by atoms with Crippen molar-refractivity contribution >= 4 is 15.9 Å². The molecule has 0 amide bonds. The topological polar surface area (TPSA) is 20.2 Å². The summed E-state index contributed by atoms with van der Waals surface area (Å²) in [5.41, 5.74) is 1.75. The van der Waals surface area contributed by atoms with Gasteiger partial charge in [0.15, 0.2) is 0 Å². The van der Waals surface area contributed by atoms with Gasteiger partial charge in [-0.3, -0.25) is 0 Å². The molecule has 0 heterocycles. The average Bonchev–Trinajstić information content (AvgIpc) is 1.78. The van der Waals surface area contributed by atoms with E-state index >= 15 is 0 Å². The molecular formula is C11H15BrO. The zero-order chi connectivity index (χ0) is 10.1. The Kier molecular flexibility index (Phi) is 3.14. The monoisotopic (exact) mass is 242 g/mol. The molecule has 0 bridgehead atoms. The van der Waals surface area contributed by atoms with Gasteiger partial charge in [-0.25, -0.2) is 0 Å². The van der Waals surface area contributed by atoms with Crippen molar-refractivity contribution in [1.82, 2.24) is 0 Å². The minimum atomic E-state index is -0.632. The number of aryl methyl sites for hydroxylation is 1. The molecule has 0 aliphatic heterocycles. The van der Waals surface area contributed by atoms with E-state index in [1.807, 2.05) is 19.9 Å². The van der Waals surface area contributed by atoms with E-state index in [2.05, 4.69) is 35.0 Å². The van der Waals surface area contributed by atoms with E-state index in [1.54, 1.807) is 0 Å². The lowest BCUT2D eigenvalue weighted by Gasteiger charge is -2.17. The number of rotatable bonds is 2. The van der Waals surface area contributed by atoms with Crippen LogP contribution in [-0.2, 0) is 6.42 Å². The highest BCUT2D eigenvalue weighted by Gasteiger charge is 2.13. The Morgan fingerprint density at radius 3 is 2.38 bits per heavy atom. The highest BCUT2D eigenvalue weighted by molar-refractivity contribution is 9.10. The normalized spacial score (nSPS) is 11.8. The highest BCUT2D eigenvalue weighted by Crippen LogP contribution is 2.19. The lowest BCUT2D eigenvalue weighted by molar-refractivity contribution is 0.0810. The minimum Gasteiger partial charge on any atom is -0.390 e. The summed E-state index contributed by atoms with van der Waals surface area (Å²) >= 11 is 3.44. The molecule has 0 aliphatic carbocycles. The maximum Gasteiger partial charge on any atom is 0.0631 e. The summed E-state index contributed by atoms with van der Waals surface area (Å²) in [5.74, 6) is 0. The summed E-state index contributed by atoms with van der Waals surface area (Å²) in [7, 11) is 0. The molecule has 72 valence electrons. The van der Waals surface area contributed by atoms with Gasteiger partial charge in [0.2, 0.25) is 0 Å². The summed E-state index contributed by atoms with van der Waals surface area (Å²) in [4.78, 5) is 0. The van der Waals surface area contributed by atoms with Crippen molar-refractivity contribution in [3.63, 3.8) is 0 Å². The van der Waals surface area contributed by atoms with Crippen LogP contribution in [0.5, 0.6) is 0 Å². The van der Waals surface area contributed by atoms with Crippen LogP contribution < -0.4 is 0 Å². The van der Waals surface area contributed by atoms with Gasteiger partial charge in [0, 0.05) is 10.9 Å². The van der Waals surface area contributed by atoms with E-state index < -0.39 is 5.60 Å². The van der Waals surface area contributed by atoms with Crippen molar-refractivity contribution in [2.24, 2.45) is 0 Å². The van der Waals surface area contributed by atoms with Gasteiger partial charge in [0.05, 0.1) is 5.60 Å². The molecule has 0 spiro atoms. The first kappa shape index (κ1) is 10.7. The molecule has 0 radical (unpaired) electrons. The summed E-state index contributed by atoms with van der Waals surface area (Å²) in [5, 5.41) is 9.64. The second-order valence-corrected chi connectivity index (χ2v) is 5.04. The third-order valence-corrected chi connectivity index (χ3v) is 2.20. The number of halogens is 1. The smallest absolute Gasteiger partial charge is 0.0631 e.